The predicted molar refractivity (Wildman–Crippen MR) is 90.2 cm³/mol. The Kier molecular flexibility index (Phi) is 6.64. The quantitative estimate of drug-likeness (QED) is 0.796. The molecule has 1 aliphatic rings. The second-order valence-corrected chi connectivity index (χ2v) is 8.12. The molecule has 1 aliphatic heterocycles. The van der Waals surface area contributed by atoms with Gasteiger partial charge in [-0.2, -0.15) is 0 Å². The van der Waals surface area contributed by atoms with Crippen LogP contribution in [-0.2, 0) is 10.0 Å². The SMILES string of the molecule is CC(C)NS(=O)(=O)c1ccc(F)c(C(=O)N2CCN(CC(F)F)CC2)c1. The molecule has 1 heterocycles. The van der Waals surface area contributed by atoms with Crippen LogP contribution < -0.4 is 4.72 Å². The number of amides is 1. The number of sulfonamides is 1. The number of carbonyl (C=O) groups excluding carboxylic acids is 1. The first kappa shape index (κ1) is 20.7. The number of nitrogens with zero attached hydrogens (tertiary/aromatic N) is 2. The highest BCUT2D eigenvalue weighted by atomic mass is 32.2. The summed E-state index contributed by atoms with van der Waals surface area (Å²) >= 11 is 0. The summed E-state index contributed by atoms with van der Waals surface area (Å²) in [5, 5.41) is 0. The number of halogens is 3. The fourth-order valence-electron chi connectivity index (χ4n) is 2.71. The number of alkyl halides is 2. The van der Waals surface area contributed by atoms with Crippen molar-refractivity contribution in [3.05, 3.63) is 29.6 Å². The summed E-state index contributed by atoms with van der Waals surface area (Å²) in [6.07, 6.45) is -2.45. The lowest BCUT2D eigenvalue weighted by atomic mass is 10.1. The van der Waals surface area contributed by atoms with Crippen molar-refractivity contribution in [3.63, 3.8) is 0 Å². The van der Waals surface area contributed by atoms with Gasteiger partial charge < -0.3 is 4.90 Å². The van der Waals surface area contributed by atoms with Crippen molar-refractivity contribution in [2.45, 2.75) is 31.2 Å². The van der Waals surface area contributed by atoms with Gasteiger partial charge in [0.05, 0.1) is 17.0 Å². The first-order valence-corrected chi connectivity index (χ1v) is 9.70. The number of rotatable bonds is 6. The lowest BCUT2D eigenvalue weighted by Gasteiger charge is -2.34. The van der Waals surface area contributed by atoms with Gasteiger partial charge in [-0.05, 0) is 32.0 Å². The number of benzene rings is 1. The van der Waals surface area contributed by atoms with Crippen LogP contribution in [0.5, 0.6) is 0 Å². The third kappa shape index (κ3) is 5.18. The summed E-state index contributed by atoms with van der Waals surface area (Å²) in [5.41, 5.74) is -0.348. The van der Waals surface area contributed by atoms with E-state index in [1.54, 1.807) is 13.8 Å². The molecule has 10 heteroatoms. The first-order valence-electron chi connectivity index (χ1n) is 8.22. The molecule has 1 saturated heterocycles. The van der Waals surface area contributed by atoms with E-state index in [4.69, 9.17) is 0 Å². The first-order chi connectivity index (χ1) is 12.1. The average Bonchev–Trinajstić information content (AvgIpc) is 2.53. The summed E-state index contributed by atoms with van der Waals surface area (Å²) < 4.78 is 65.7. The van der Waals surface area contributed by atoms with Crippen molar-refractivity contribution >= 4 is 15.9 Å². The summed E-state index contributed by atoms with van der Waals surface area (Å²) in [6, 6.07) is 2.69. The van der Waals surface area contributed by atoms with Gasteiger partial charge in [0, 0.05) is 32.2 Å². The second-order valence-electron chi connectivity index (χ2n) is 6.40. The van der Waals surface area contributed by atoms with E-state index in [0.717, 1.165) is 18.2 Å². The molecule has 0 aromatic heterocycles. The zero-order valence-corrected chi connectivity index (χ0v) is 15.4. The standard InChI is InChI=1S/C16H22F3N3O3S/c1-11(2)20-26(24,25)12-3-4-14(17)13(9-12)16(23)22-7-5-21(6-8-22)10-15(18)19/h3-4,9,11,15,20H,5-8,10H2,1-2H3. The summed E-state index contributed by atoms with van der Waals surface area (Å²) in [7, 11) is -3.86. The van der Waals surface area contributed by atoms with E-state index in [9.17, 15) is 26.4 Å². The van der Waals surface area contributed by atoms with Crippen LogP contribution in [0.15, 0.2) is 23.1 Å². The Bertz CT molecular complexity index is 748. The maximum Gasteiger partial charge on any atom is 0.256 e. The molecule has 146 valence electrons. The van der Waals surface area contributed by atoms with Crippen LogP contribution in [0.4, 0.5) is 13.2 Å². The molecule has 0 aliphatic carbocycles. The van der Waals surface area contributed by atoms with E-state index >= 15 is 0 Å². The number of carbonyl (C=O) groups is 1. The van der Waals surface area contributed by atoms with Crippen LogP contribution in [0.25, 0.3) is 0 Å². The molecule has 0 radical (unpaired) electrons. The molecule has 0 saturated carbocycles. The van der Waals surface area contributed by atoms with Crippen molar-refractivity contribution in [1.29, 1.82) is 0 Å². The van der Waals surface area contributed by atoms with Crippen molar-refractivity contribution < 1.29 is 26.4 Å². The maximum atomic E-state index is 14.1. The van der Waals surface area contributed by atoms with Gasteiger partial charge >= 0.3 is 0 Å². The summed E-state index contributed by atoms with van der Waals surface area (Å²) in [4.78, 5) is 15.2. The third-order valence-electron chi connectivity index (χ3n) is 3.93. The Morgan fingerprint density at radius 2 is 1.81 bits per heavy atom. The Morgan fingerprint density at radius 3 is 2.35 bits per heavy atom. The van der Waals surface area contributed by atoms with Crippen molar-refractivity contribution in [2.75, 3.05) is 32.7 Å². The highest BCUT2D eigenvalue weighted by molar-refractivity contribution is 7.89. The van der Waals surface area contributed by atoms with Crippen molar-refractivity contribution in [2.24, 2.45) is 0 Å². The topological polar surface area (TPSA) is 69.7 Å². The highest BCUT2D eigenvalue weighted by Crippen LogP contribution is 2.18. The molecule has 1 aromatic carbocycles. The second kappa shape index (κ2) is 8.36. The van der Waals surface area contributed by atoms with Crippen LogP contribution in [-0.4, -0.2) is 69.3 Å². The zero-order valence-electron chi connectivity index (χ0n) is 14.6. The minimum atomic E-state index is -3.86. The molecule has 1 fully saturated rings. The van der Waals surface area contributed by atoms with Gasteiger partial charge in [-0.3, -0.25) is 9.69 Å². The number of piperazine rings is 1. The Hall–Kier alpha value is -1.65. The minimum absolute atomic E-state index is 0.173. The molecule has 6 nitrogen and oxygen atoms in total. The fraction of sp³-hybridized carbons (Fsp3) is 0.562. The monoisotopic (exact) mass is 393 g/mol. The molecule has 0 bridgehead atoms. The van der Waals surface area contributed by atoms with Gasteiger partial charge in [-0.15, -0.1) is 0 Å². The lowest BCUT2D eigenvalue weighted by Crippen LogP contribution is -2.49. The van der Waals surface area contributed by atoms with E-state index < -0.39 is 28.2 Å². The van der Waals surface area contributed by atoms with Gasteiger partial charge in [0.25, 0.3) is 12.3 Å². The molecule has 1 amide bonds. The molecular formula is C16H22F3N3O3S. The minimum Gasteiger partial charge on any atom is -0.336 e. The Balaban J connectivity index is 2.16. The van der Waals surface area contributed by atoms with Gasteiger partial charge in [0.1, 0.15) is 5.82 Å². The van der Waals surface area contributed by atoms with E-state index in [2.05, 4.69) is 4.72 Å². The fourth-order valence-corrected chi connectivity index (χ4v) is 3.99. The van der Waals surface area contributed by atoms with Crippen LogP contribution in [0.1, 0.15) is 24.2 Å². The lowest BCUT2D eigenvalue weighted by molar-refractivity contribution is 0.0456. The van der Waals surface area contributed by atoms with Gasteiger partial charge in [0.15, 0.2) is 0 Å². The van der Waals surface area contributed by atoms with Gasteiger partial charge in [0.2, 0.25) is 10.0 Å². The Morgan fingerprint density at radius 1 is 1.19 bits per heavy atom. The van der Waals surface area contributed by atoms with Crippen LogP contribution in [0, 0.1) is 5.82 Å². The van der Waals surface area contributed by atoms with E-state index in [-0.39, 0.29) is 49.2 Å². The van der Waals surface area contributed by atoms with Crippen LogP contribution >= 0.6 is 0 Å². The molecule has 0 atom stereocenters. The predicted octanol–water partition coefficient (Wildman–Crippen LogP) is 1.54. The van der Waals surface area contributed by atoms with Crippen LogP contribution in [0.2, 0.25) is 0 Å². The van der Waals surface area contributed by atoms with E-state index in [0.29, 0.717) is 0 Å². The maximum absolute atomic E-state index is 14.1. The highest BCUT2D eigenvalue weighted by Gasteiger charge is 2.27. The smallest absolute Gasteiger partial charge is 0.256 e. The molecule has 1 aromatic rings. The van der Waals surface area contributed by atoms with E-state index in [1.807, 2.05) is 0 Å². The van der Waals surface area contributed by atoms with Gasteiger partial charge in [-0.25, -0.2) is 26.3 Å². The zero-order chi connectivity index (χ0) is 19.5. The largest absolute Gasteiger partial charge is 0.336 e. The van der Waals surface area contributed by atoms with Gasteiger partial charge in [-0.1, -0.05) is 0 Å². The number of nitrogens with one attached hydrogen (secondary N) is 1. The van der Waals surface area contributed by atoms with Crippen molar-refractivity contribution in [3.8, 4) is 0 Å². The summed E-state index contributed by atoms with van der Waals surface area (Å²) in [5.74, 6) is -1.48. The molecule has 1 N–H and O–H groups in total. The number of hydrogen-bond acceptors (Lipinski definition) is 4. The summed E-state index contributed by atoms with van der Waals surface area (Å²) in [6.45, 7) is 3.77. The molecule has 26 heavy (non-hydrogen) atoms. The molecular weight excluding hydrogens is 371 g/mol. The normalized spacial score (nSPS) is 16.5. The average molecular weight is 393 g/mol. The molecule has 2 rings (SSSR count). The van der Waals surface area contributed by atoms with Crippen LogP contribution in [0.3, 0.4) is 0 Å². The Labute approximate surface area is 151 Å². The van der Waals surface area contributed by atoms with Crippen molar-refractivity contribution in [1.82, 2.24) is 14.5 Å². The number of hydrogen-bond donors (Lipinski definition) is 1. The third-order valence-corrected chi connectivity index (χ3v) is 5.58. The molecule has 0 spiro atoms. The molecule has 0 unspecified atom stereocenters. The van der Waals surface area contributed by atoms with E-state index in [1.165, 1.54) is 9.80 Å².